The molecule has 0 fully saturated rings. The Morgan fingerprint density at radius 1 is 1.20 bits per heavy atom. The maximum Gasteiger partial charge on any atom is 0.184 e. The molecule has 7 heteroatoms. The number of ether oxygens (including phenoxy) is 1. The van der Waals surface area contributed by atoms with E-state index in [0.29, 0.717) is 34.3 Å². The Labute approximate surface area is 151 Å². The molecule has 0 amide bonds. The molecule has 3 N–H and O–H groups in total. The molecule has 25 heavy (non-hydrogen) atoms. The molecule has 1 aromatic heterocycles. The summed E-state index contributed by atoms with van der Waals surface area (Å²) in [6, 6.07) is 11.7. The minimum Gasteiger partial charge on any atom is -0.496 e. The quantitative estimate of drug-likeness (QED) is 0.684. The van der Waals surface area contributed by atoms with Gasteiger partial charge in [-0.3, -0.25) is 5.10 Å². The summed E-state index contributed by atoms with van der Waals surface area (Å²) in [5.41, 5.74) is 9.28. The van der Waals surface area contributed by atoms with Crippen LogP contribution in [-0.2, 0) is 6.42 Å². The zero-order valence-electron chi connectivity index (χ0n) is 14.4. The second-order valence-corrected chi connectivity index (χ2v) is 6.32. The second-order valence-electron chi connectivity index (χ2n) is 5.92. The number of hydrogen-bond acceptors (Lipinski definition) is 5. The van der Waals surface area contributed by atoms with Crippen LogP contribution < -0.4 is 15.4 Å². The van der Waals surface area contributed by atoms with Gasteiger partial charge in [0.15, 0.2) is 5.82 Å². The fourth-order valence-corrected chi connectivity index (χ4v) is 2.68. The smallest absolute Gasteiger partial charge is 0.184 e. The van der Waals surface area contributed by atoms with Crippen molar-refractivity contribution in [3.05, 3.63) is 52.8 Å². The van der Waals surface area contributed by atoms with E-state index >= 15 is 0 Å². The van der Waals surface area contributed by atoms with Gasteiger partial charge in [-0.1, -0.05) is 23.7 Å². The molecule has 0 spiro atoms. The molecule has 0 saturated heterocycles. The zero-order valence-corrected chi connectivity index (χ0v) is 15.1. The average molecular weight is 358 g/mol. The van der Waals surface area contributed by atoms with E-state index in [9.17, 15) is 0 Å². The number of hydrogen-bond donors (Lipinski definition) is 2. The van der Waals surface area contributed by atoms with Crippen LogP contribution in [0.4, 0.5) is 11.4 Å². The molecule has 0 radical (unpaired) electrons. The van der Waals surface area contributed by atoms with Crippen LogP contribution in [0.5, 0.6) is 5.75 Å². The number of aromatic nitrogens is 3. The molecule has 3 rings (SSSR count). The molecular formula is C18H20ClN5O. The van der Waals surface area contributed by atoms with Gasteiger partial charge in [-0.25, -0.2) is 4.98 Å². The molecular weight excluding hydrogens is 338 g/mol. The van der Waals surface area contributed by atoms with Gasteiger partial charge < -0.3 is 15.4 Å². The SMILES string of the molecule is COc1cc(N)c(Cl)cc1-c1n[nH]c(Cc2ccc(N(C)C)cc2)n1. The van der Waals surface area contributed by atoms with E-state index in [1.807, 2.05) is 14.1 Å². The molecule has 1 heterocycles. The third-order valence-corrected chi connectivity index (χ3v) is 4.24. The summed E-state index contributed by atoms with van der Waals surface area (Å²) in [7, 11) is 5.61. The van der Waals surface area contributed by atoms with Crippen molar-refractivity contribution in [1.29, 1.82) is 0 Å². The summed E-state index contributed by atoms with van der Waals surface area (Å²) >= 11 is 6.12. The first-order chi connectivity index (χ1) is 12.0. The molecule has 0 aliphatic carbocycles. The van der Waals surface area contributed by atoms with Crippen LogP contribution in [-0.4, -0.2) is 36.4 Å². The van der Waals surface area contributed by atoms with Gasteiger partial charge in [-0.2, -0.15) is 5.10 Å². The van der Waals surface area contributed by atoms with Crippen molar-refractivity contribution < 1.29 is 4.74 Å². The number of anilines is 2. The lowest BCUT2D eigenvalue weighted by Gasteiger charge is -2.12. The number of methoxy groups -OCH3 is 1. The minimum absolute atomic E-state index is 0.446. The maximum atomic E-state index is 6.12. The standard InChI is InChI=1S/C18H20ClN5O/c1-24(2)12-6-4-11(5-7-12)8-17-21-18(23-22-17)13-9-14(19)15(20)10-16(13)25-3/h4-7,9-10H,8,20H2,1-3H3,(H,21,22,23). The van der Waals surface area contributed by atoms with Crippen LogP contribution in [0.25, 0.3) is 11.4 Å². The summed E-state index contributed by atoms with van der Waals surface area (Å²) < 4.78 is 5.36. The number of nitrogen functional groups attached to an aromatic ring is 1. The molecule has 2 aromatic carbocycles. The highest BCUT2D eigenvalue weighted by atomic mass is 35.5. The number of nitrogens with one attached hydrogen (secondary N) is 1. The Hall–Kier alpha value is -2.73. The van der Waals surface area contributed by atoms with Crippen LogP contribution in [0.3, 0.4) is 0 Å². The molecule has 0 saturated carbocycles. The molecule has 6 nitrogen and oxygen atoms in total. The minimum atomic E-state index is 0.446. The summed E-state index contributed by atoms with van der Waals surface area (Å²) in [6.07, 6.45) is 0.658. The van der Waals surface area contributed by atoms with Crippen LogP contribution in [0.2, 0.25) is 5.02 Å². The fourth-order valence-electron chi connectivity index (χ4n) is 2.51. The first-order valence-corrected chi connectivity index (χ1v) is 8.16. The van der Waals surface area contributed by atoms with Gasteiger partial charge >= 0.3 is 0 Å². The van der Waals surface area contributed by atoms with Gasteiger partial charge in [0, 0.05) is 32.3 Å². The molecule has 0 aliphatic heterocycles. The third kappa shape index (κ3) is 3.69. The zero-order chi connectivity index (χ0) is 18.0. The van der Waals surface area contributed by atoms with Crippen molar-refractivity contribution in [3.8, 4) is 17.1 Å². The molecule has 0 unspecified atom stereocenters. The first-order valence-electron chi connectivity index (χ1n) is 7.79. The van der Waals surface area contributed by atoms with E-state index in [2.05, 4.69) is 44.3 Å². The summed E-state index contributed by atoms with van der Waals surface area (Å²) in [4.78, 5) is 6.62. The highest BCUT2D eigenvalue weighted by molar-refractivity contribution is 6.33. The molecule has 3 aromatic rings. The predicted octanol–water partition coefficient (Wildman–Crippen LogP) is 3.37. The number of halogens is 1. The van der Waals surface area contributed by atoms with Gasteiger partial charge in [-0.05, 0) is 23.8 Å². The molecule has 0 atom stereocenters. The second kappa shape index (κ2) is 7.03. The summed E-state index contributed by atoms with van der Waals surface area (Å²) in [5, 5.41) is 7.70. The number of H-pyrrole nitrogens is 1. The van der Waals surface area contributed by atoms with Crippen molar-refractivity contribution in [3.63, 3.8) is 0 Å². The number of aromatic amines is 1. The Morgan fingerprint density at radius 2 is 1.92 bits per heavy atom. The largest absolute Gasteiger partial charge is 0.496 e. The van der Waals surface area contributed by atoms with E-state index in [1.165, 1.54) is 0 Å². The van der Waals surface area contributed by atoms with Crippen molar-refractivity contribution >= 4 is 23.0 Å². The Morgan fingerprint density at radius 3 is 2.56 bits per heavy atom. The van der Waals surface area contributed by atoms with E-state index in [-0.39, 0.29) is 0 Å². The van der Waals surface area contributed by atoms with Crippen LogP contribution in [0.1, 0.15) is 11.4 Å². The van der Waals surface area contributed by atoms with Gasteiger partial charge in [0.2, 0.25) is 0 Å². The number of nitrogens with zero attached hydrogens (tertiary/aromatic N) is 3. The molecule has 0 bridgehead atoms. The van der Waals surface area contributed by atoms with Crippen LogP contribution >= 0.6 is 11.6 Å². The summed E-state index contributed by atoms with van der Waals surface area (Å²) in [6.45, 7) is 0. The van der Waals surface area contributed by atoms with Crippen molar-refractivity contribution in [2.75, 3.05) is 31.8 Å². The van der Waals surface area contributed by atoms with Crippen molar-refractivity contribution in [2.45, 2.75) is 6.42 Å². The van der Waals surface area contributed by atoms with Crippen molar-refractivity contribution in [2.24, 2.45) is 0 Å². The molecule has 130 valence electrons. The highest BCUT2D eigenvalue weighted by Gasteiger charge is 2.14. The lowest BCUT2D eigenvalue weighted by molar-refractivity contribution is 0.416. The lowest BCUT2D eigenvalue weighted by Crippen LogP contribution is -2.08. The number of nitrogens with two attached hydrogens (primary N) is 1. The Kier molecular flexibility index (Phi) is 4.81. The summed E-state index contributed by atoms with van der Waals surface area (Å²) in [5.74, 6) is 1.88. The topological polar surface area (TPSA) is 80.1 Å². The fraction of sp³-hybridized carbons (Fsp3) is 0.222. The average Bonchev–Trinajstić information content (AvgIpc) is 3.05. The van der Waals surface area contributed by atoms with E-state index < -0.39 is 0 Å². The van der Waals surface area contributed by atoms with Crippen LogP contribution in [0, 0.1) is 0 Å². The van der Waals surface area contributed by atoms with Gasteiger partial charge in [0.25, 0.3) is 0 Å². The predicted molar refractivity (Wildman–Crippen MR) is 101 cm³/mol. The van der Waals surface area contributed by atoms with Gasteiger partial charge in [0.05, 0.1) is 23.4 Å². The molecule has 0 aliphatic rings. The first kappa shape index (κ1) is 17.1. The number of benzene rings is 2. The normalized spacial score (nSPS) is 10.7. The van der Waals surface area contributed by atoms with Crippen molar-refractivity contribution in [1.82, 2.24) is 15.2 Å². The van der Waals surface area contributed by atoms with Gasteiger partial charge in [-0.15, -0.1) is 0 Å². The number of rotatable bonds is 5. The lowest BCUT2D eigenvalue weighted by atomic mass is 10.1. The van der Waals surface area contributed by atoms with E-state index in [1.54, 1.807) is 19.2 Å². The third-order valence-electron chi connectivity index (χ3n) is 3.92. The van der Waals surface area contributed by atoms with E-state index in [4.69, 9.17) is 22.1 Å². The highest BCUT2D eigenvalue weighted by Crippen LogP contribution is 2.34. The van der Waals surface area contributed by atoms with Crippen LogP contribution in [0.15, 0.2) is 36.4 Å². The van der Waals surface area contributed by atoms with E-state index in [0.717, 1.165) is 17.1 Å². The van der Waals surface area contributed by atoms with Gasteiger partial charge in [0.1, 0.15) is 11.6 Å². The maximum absolute atomic E-state index is 6.12. The Balaban J connectivity index is 1.84. The monoisotopic (exact) mass is 357 g/mol. The Bertz CT molecular complexity index is 874.